The monoisotopic (exact) mass is 1840 g/mol. The van der Waals surface area contributed by atoms with Crippen molar-refractivity contribution < 1.29 is 17.7 Å². The number of fused-ring (bicyclic) bond motifs is 36. The van der Waals surface area contributed by atoms with Gasteiger partial charge in [0.1, 0.15) is 44.7 Å². The molecule has 34 aromatic rings. The maximum absolute atomic E-state index is 6.44. The van der Waals surface area contributed by atoms with Crippen LogP contribution in [0, 0.1) is 0 Å². The Balaban J connectivity index is 0.000000127. The zero-order valence-corrected chi connectivity index (χ0v) is 77.1. The van der Waals surface area contributed by atoms with Gasteiger partial charge in [0.05, 0.1) is 66.2 Å². The van der Waals surface area contributed by atoms with Crippen LogP contribution < -0.4 is 19.6 Å². The molecule has 34 rings (SSSR count). The number of furan rings is 4. The fraction of sp³-hybridized carbons (Fsp3) is 0. The van der Waals surface area contributed by atoms with Crippen LogP contribution in [-0.2, 0) is 0 Å². The molecule has 0 saturated heterocycles. The fourth-order valence-electron chi connectivity index (χ4n) is 24.9. The van der Waals surface area contributed by atoms with Crippen molar-refractivity contribution in [2.45, 2.75) is 0 Å². The van der Waals surface area contributed by atoms with Gasteiger partial charge in [0.2, 0.25) is 0 Å². The maximum Gasteiger partial charge on any atom is 0.137 e. The Hall–Kier alpha value is -19.6. The minimum absolute atomic E-state index is 0.869. The van der Waals surface area contributed by atoms with Crippen molar-refractivity contribution in [2.75, 3.05) is 19.6 Å². The third-order valence-electron chi connectivity index (χ3n) is 31.0. The van der Waals surface area contributed by atoms with E-state index in [1.54, 1.807) is 0 Å². The highest BCUT2D eigenvalue weighted by molar-refractivity contribution is 6.32. The van der Waals surface area contributed by atoms with E-state index in [-0.39, 0.29) is 0 Å². The van der Waals surface area contributed by atoms with Gasteiger partial charge in [-0.15, -0.1) is 0 Å². The van der Waals surface area contributed by atoms with Crippen LogP contribution in [0.2, 0.25) is 0 Å². The molecule has 0 saturated carbocycles. The summed E-state index contributed by atoms with van der Waals surface area (Å²) in [6.07, 6.45) is 0. The highest BCUT2D eigenvalue weighted by Gasteiger charge is 2.31. The second-order valence-corrected chi connectivity index (χ2v) is 38.5. The second kappa shape index (κ2) is 29.0. The molecule has 0 bridgehead atoms. The van der Waals surface area contributed by atoms with Crippen LogP contribution in [0.4, 0.5) is 68.2 Å². The summed E-state index contributed by atoms with van der Waals surface area (Å²) in [5.74, 6) is 0. The lowest BCUT2D eigenvalue weighted by Gasteiger charge is -2.25. The zero-order chi connectivity index (χ0) is 93.5. The largest absolute Gasteiger partial charge is 0.456 e. The van der Waals surface area contributed by atoms with Crippen LogP contribution in [0.3, 0.4) is 0 Å². The van der Waals surface area contributed by atoms with Gasteiger partial charge in [0.15, 0.2) is 0 Å². The molecule has 22 aromatic carbocycles. The zero-order valence-electron chi connectivity index (χ0n) is 77.1. The van der Waals surface area contributed by atoms with Crippen molar-refractivity contribution in [2.24, 2.45) is 0 Å². The SMILES string of the molecule is c1ccc(N(c2ccc3c(c2)oc2ccccc23)c2ccc3c4cccc5c6cc7c(cc6n(c3c2)c45)c2cccc3c4ccc(N(c5ccccc5)c5ccc6c(c5)oc5ccccc56)cc4n7c32)cc1.c1ccc(N(c2ccc3oc4ccccc4c3c2)c2ccc3c4cccc5c6cc7c(cc6n(c3c2)c45)c2cccc3c4ccc(N(c5ccccc5)c5ccc6oc8ccccc8c6c5)cc4n7c32)cc1. The van der Waals surface area contributed by atoms with Gasteiger partial charge in [-0.1, -0.05) is 243 Å². The molecule has 0 N–H and O–H groups in total. The van der Waals surface area contributed by atoms with E-state index < -0.39 is 0 Å². The highest BCUT2D eigenvalue weighted by atomic mass is 16.3. The van der Waals surface area contributed by atoms with Crippen LogP contribution in [-0.4, -0.2) is 17.6 Å². The first-order valence-electron chi connectivity index (χ1n) is 49.1. The van der Waals surface area contributed by atoms with Gasteiger partial charge in [-0.3, -0.25) is 0 Å². The van der Waals surface area contributed by atoms with Gasteiger partial charge >= 0.3 is 0 Å². The molecule has 0 aliphatic heterocycles. The molecule has 0 spiro atoms. The summed E-state index contributed by atoms with van der Waals surface area (Å²) in [7, 11) is 0. The third-order valence-corrected chi connectivity index (χ3v) is 31.0. The van der Waals surface area contributed by atoms with Gasteiger partial charge < -0.3 is 54.9 Å². The van der Waals surface area contributed by atoms with Crippen LogP contribution >= 0.6 is 0 Å². The number of rotatable bonds is 12. The summed E-state index contributed by atoms with van der Waals surface area (Å²) in [5.41, 5.74) is 34.4. The third kappa shape index (κ3) is 10.8. The average Bonchev–Trinajstić information content (AvgIpc) is 1.52. The lowest BCUT2D eigenvalue weighted by Crippen LogP contribution is -2.09. The predicted octanol–water partition coefficient (Wildman–Crippen LogP) is 37.5. The normalized spacial score (nSPS) is 12.4. The highest BCUT2D eigenvalue weighted by Crippen LogP contribution is 2.54. The van der Waals surface area contributed by atoms with Crippen LogP contribution in [0.15, 0.2) is 479 Å². The van der Waals surface area contributed by atoms with Crippen molar-refractivity contribution in [3.8, 4) is 0 Å². The fourth-order valence-corrected chi connectivity index (χ4v) is 24.9. The van der Waals surface area contributed by atoms with E-state index in [9.17, 15) is 0 Å². The molecule has 0 radical (unpaired) electrons. The Morgan fingerprint density at radius 2 is 0.299 bits per heavy atom. The Morgan fingerprint density at radius 3 is 0.576 bits per heavy atom. The lowest BCUT2D eigenvalue weighted by molar-refractivity contribution is 0.668. The number of para-hydroxylation sites is 12. The Labute approximate surface area is 818 Å². The smallest absolute Gasteiger partial charge is 0.137 e. The van der Waals surface area contributed by atoms with Gasteiger partial charge in [-0.25, -0.2) is 0 Å². The van der Waals surface area contributed by atoms with E-state index in [0.29, 0.717) is 0 Å². The molecule has 668 valence electrons. The molecular formula is C132H76N8O4. The first kappa shape index (κ1) is 77.5. The number of hydrogen-bond acceptors (Lipinski definition) is 8. The minimum atomic E-state index is 0.869. The Kier molecular flexibility index (Phi) is 15.6. The number of hydrogen-bond donors (Lipinski definition) is 0. The summed E-state index contributed by atoms with van der Waals surface area (Å²) in [6, 6.07) is 167. The summed E-state index contributed by atoms with van der Waals surface area (Å²) >= 11 is 0. The van der Waals surface area contributed by atoms with Crippen LogP contribution in [0.5, 0.6) is 0 Å². The first-order valence-corrected chi connectivity index (χ1v) is 49.1. The molecule has 12 heterocycles. The molecule has 0 aliphatic carbocycles. The molecule has 0 aliphatic rings. The van der Waals surface area contributed by atoms with Crippen LogP contribution in [0.1, 0.15) is 0 Å². The van der Waals surface area contributed by atoms with Crippen molar-refractivity contribution in [1.29, 1.82) is 0 Å². The van der Waals surface area contributed by atoms with E-state index >= 15 is 0 Å². The molecule has 0 amide bonds. The minimum Gasteiger partial charge on any atom is -0.456 e. The van der Waals surface area contributed by atoms with Gasteiger partial charge in [-0.2, -0.15) is 0 Å². The number of benzene rings is 22. The van der Waals surface area contributed by atoms with E-state index in [4.69, 9.17) is 17.7 Å². The average molecular weight is 1840 g/mol. The van der Waals surface area contributed by atoms with E-state index in [1.165, 1.54) is 152 Å². The number of anilines is 12. The molecular weight excluding hydrogens is 1760 g/mol. The lowest BCUT2D eigenvalue weighted by atomic mass is 10.0. The maximum atomic E-state index is 6.44. The van der Waals surface area contributed by atoms with Gasteiger partial charge in [0, 0.05) is 210 Å². The summed E-state index contributed by atoms with van der Waals surface area (Å²) in [5, 5.41) is 28.8. The molecule has 12 aromatic heterocycles. The van der Waals surface area contributed by atoms with Gasteiger partial charge in [-0.05, 0) is 206 Å². The van der Waals surface area contributed by atoms with E-state index in [0.717, 1.165) is 156 Å². The topological polar surface area (TPSA) is 83.2 Å². The number of aromatic nitrogens is 4. The molecule has 12 heteroatoms. The van der Waals surface area contributed by atoms with Crippen molar-refractivity contribution >= 4 is 308 Å². The van der Waals surface area contributed by atoms with E-state index in [2.05, 4.69) is 450 Å². The van der Waals surface area contributed by atoms with Crippen LogP contribution in [0.25, 0.3) is 240 Å². The molecule has 0 fully saturated rings. The number of nitrogens with zero attached hydrogens (tertiary/aromatic N) is 8. The van der Waals surface area contributed by atoms with Crippen molar-refractivity contribution in [1.82, 2.24) is 17.6 Å². The Morgan fingerprint density at radius 1 is 0.111 bits per heavy atom. The summed E-state index contributed by atoms with van der Waals surface area (Å²) < 4.78 is 35.5. The van der Waals surface area contributed by atoms with Gasteiger partial charge in [0.25, 0.3) is 0 Å². The summed E-state index contributed by atoms with van der Waals surface area (Å²) in [4.78, 5) is 9.43. The van der Waals surface area contributed by atoms with E-state index in [1.807, 2.05) is 48.5 Å². The Bertz CT molecular complexity index is 10800. The first-order chi connectivity index (χ1) is 71.4. The molecule has 12 nitrogen and oxygen atoms in total. The molecule has 144 heavy (non-hydrogen) atoms. The molecule has 0 unspecified atom stereocenters. The predicted molar refractivity (Wildman–Crippen MR) is 599 cm³/mol. The summed E-state index contributed by atoms with van der Waals surface area (Å²) in [6.45, 7) is 0. The quantitative estimate of drug-likeness (QED) is 0.120. The standard InChI is InChI=1S/2C66H38N4O2/c1-3-13-39(14-4-1)67(41-27-31-63-55(33-41)47-17-7-9-23-61(47)71-63)43-25-29-45-49-19-11-21-51-53-38-60-54(37-59(53)69(65(49)51)57(45)35-43)52-22-12-20-50-46-30-26-44(36-58(46)70(60)66(50)52)68(40-15-5-2-6-16-40)42-28-32-64-56(34-42)48-18-8-10-24-62(48)72-64;1-3-13-39(14-4-1)67(43-27-31-49-47-17-7-9-23-61(47)71-63(49)35-43)41-25-29-45-51-19-11-21-53-55-38-60-56(37-59(55)69(65(51)53)57(45)33-41)54-22-12-20-52-46-30-26-42(34-58(46)70(60)66(52)54)68(40-15-5-2-6-16-40)44-28-32-50-48-18-8-10-24-62(48)72-64(50)36-44/h2*1-38H. The second-order valence-electron chi connectivity index (χ2n) is 38.5. The molecule has 0 atom stereocenters. The van der Waals surface area contributed by atoms with Crippen molar-refractivity contribution in [3.05, 3.63) is 461 Å². The van der Waals surface area contributed by atoms with Crippen molar-refractivity contribution in [3.63, 3.8) is 0 Å².